The lowest BCUT2D eigenvalue weighted by Gasteiger charge is -2.29. The maximum atomic E-state index is 5.36. The summed E-state index contributed by atoms with van der Waals surface area (Å²) in [6.45, 7) is 2.42. The van der Waals surface area contributed by atoms with Crippen molar-refractivity contribution in [2.24, 2.45) is 5.92 Å². The Hall–Kier alpha value is -1.55. The van der Waals surface area contributed by atoms with Gasteiger partial charge >= 0.3 is 0 Å². The molecule has 1 fully saturated rings. The van der Waals surface area contributed by atoms with Crippen LogP contribution >= 0.6 is 0 Å². The standard InChI is InChI=1S/C15H21N3O/c1-17-7-3-5-12(10-17)9-13-11-18-8-4-6-14(19-2)15(18)16-13/h4,6,8,11-12H,3,5,7,9-10H2,1-2H3. The molecule has 3 rings (SSSR count). The first kappa shape index (κ1) is 12.5. The number of hydrogen-bond acceptors (Lipinski definition) is 3. The zero-order chi connectivity index (χ0) is 13.2. The van der Waals surface area contributed by atoms with Crippen molar-refractivity contribution in [3.05, 3.63) is 30.2 Å². The van der Waals surface area contributed by atoms with E-state index in [4.69, 9.17) is 9.72 Å². The molecule has 2 aromatic heterocycles. The van der Waals surface area contributed by atoms with Gasteiger partial charge in [0.05, 0.1) is 12.8 Å². The number of ether oxygens (including phenoxy) is 1. The van der Waals surface area contributed by atoms with Gasteiger partial charge in [-0.2, -0.15) is 0 Å². The van der Waals surface area contributed by atoms with E-state index in [0.717, 1.165) is 23.7 Å². The Balaban J connectivity index is 1.81. The average Bonchev–Trinajstić information content (AvgIpc) is 2.80. The van der Waals surface area contributed by atoms with Crippen molar-refractivity contribution in [3.8, 4) is 5.75 Å². The number of nitrogens with zero attached hydrogens (tertiary/aromatic N) is 3. The Kier molecular flexibility index (Phi) is 3.42. The Morgan fingerprint density at radius 3 is 3.16 bits per heavy atom. The van der Waals surface area contributed by atoms with Gasteiger partial charge in [0, 0.05) is 18.9 Å². The van der Waals surface area contributed by atoms with E-state index < -0.39 is 0 Å². The molecule has 1 unspecified atom stereocenters. The minimum atomic E-state index is 0.731. The second kappa shape index (κ2) is 5.21. The molecule has 0 saturated carbocycles. The van der Waals surface area contributed by atoms with E-state index in [1.165, 1.54) is 31.6 Å². The first-order chi connectivity index (χ1) is 9.26. The minimum Gasteiger partial charge on any atom is -0.493 e. The highest BCUT2D eigenvalue weighted by Gasteiger charge is 2.19. The normalized spacial score (nSPS) is 20.8. The molecule has 4 nitrogen and oxygen atoms in total. The van der Waals surface area contributed by atoms with Crippen LogP contribution in [0.2, 0.25) is 0 Å². The van der Waals surface area contributed by atoms with Crippen LogP contribution in [-0.2, 0) is 6.42 Å². The summed E-state index contributed by atoms with van der Waals surface area (Å²) in [7, 11) is 3.90. The topological polar surface area (TPSA) is 29.8 Å². The number of piperidine rings is 1. The van der Waals surface area contributed by atoms with Crippen LogP contribution in [0.5, 0.6) is 5.75 Å². The lowest BCUT2D eigenvalue weighted by Crippen LogP contribution is -2.33. The zero-order valence-corrected chi connectivity index (χ0v) is 11.7. The van der Waals surface area contributed by atoms with Gasteiger partial charge in [-0.25, -0.2) is 4.98 Å². The van der Waals surface area contributed by atoms with Crippen LogP contribution < -0.4 is 4.74 Å². The fraction of sp³-hybridized carbons (Fsp3) is 0.533. The maximum Gasteiger partial charge on any atom is 0.179 e. The average molecular weight is 259 g/mol. The molecule has 19 heavy (non-hydrogen) atoms. The molecule has 102 valence electrons. The van der Waals surface area contributed by atoms with E-state index >= 15 is 0 Å². The van der Waals surface area contributed by atoms with Crippen LogP contribution in [0.15, 0.2) is 24.5 Å². The smallest absolute Gasteiger partial charge is 0.179 e. The van der Waals surface area contributed by atoms with Crippen LogP contribution in [0.1, 0.15) is 18.5 Å². The Morgan fingerprint density at radius 1 is 1.47 bits per heavy atom. The summed E-state index contributed by atoms with van der Waals surface area (Å²) in [5, 5.41) is 0. The van der Waals surface area contributed by atoms with E-state index in [-0.39, 0.29) is 0 Å². The number of imidazole rings is 1. The number of hydrogen-bond donors (Lipinski definition) is 0. The van der Waals surface area contributed by atoms with Gasteiger partial charge in [0.25, 0.3) is 0 Å². The molecule has 0 N–H and O–H groups in total. The van der Waals surface area contributed by atoms with Gasteiger partial charge in [0.1, 0.15) is 0 Å². The molecule has 4 heteroatoms. The predicted octanol–water partition coefficient (Wildman–Crippen LogP) is 2.23. The van der Waals surface area contributed by atoms with Crippen molar-refractivity contribution < 1.29 is 4.74 Å². The first-order valence-electron chi connectivity index (χ1n) is 6.95. The lowest BCUT2D eigenvalue weighted by molar-refractivity contribution is 0.208. The lowest BCUT2D eigenvalue weighted by atomic mass is 9.94. The monoisotopic (exact) mass is 259 g/mol. The van der Waals surface area contributed by atoms with E-state index in [0.29, 0.717) is 0 Å². The third kappa shape index (κ3) is 2.59. The van der Waals surface area contributed by atoms with Crippen molar-refractivity contribution >= 4 is 5.65 Å². The molecular formula is C15H21N3O. The number of methoxy groups -OCH3 is 1. The fourth-order valence-corrected chi connectivity index (χ4v) is 3.03. The number of fused-ring (bicyclic) bond motifs is 1. The summed E-state index contributed by atoms with van der Waals surface area (Å²) in [6, 6.07) is 3.95. The largest absolute Gasteiger partial charge is 0.493 e. The Bertz CT molecular complexity index is 564. The van der Waals surface area contributed by atoms with E-state index in [1.54, 1.807) is 7.11 Å². The van der Waals surface area contributed by atoms with E-state index in [9.17, 15) is 0 Å². The van der Waals surface area contributed by atoms with Gasteiger partial charge < -0.3 is 14.0 Å². The quantitative estimate of drug-likeness (QED) is 0.846. The second-order valence-corrected chi connectivity index (χ2v) is 5.51. The van der Waals surface area contributed by atoms with Crippen LogP contribution in [-0.4, -0.2) is 41.5 Å². The molecule has 0 spiro atoms. The van der Waals surface area contributed by atoms with Crippen molar-refractivity contribution in [1.29, 1.82) is 0 Å². The summed E-state index contributed by atoms with van der Waals surface area (Å²) < 4.78 is 7.41. The number of aromatic nitrogens is 2. The van der Waals surface area contributed by atoms with Gasteiger partial charge in [-0.05, 0) is 50.9 Å². The summed E-state index contributed by atoms with van der Waals surface area (Å²) >= 11 is 0. The number of rotatable bonds is 3. The van der Waals surface area contributed by atoms with Crippen molar-refractivity contribution in [2.45, 2.75) is 19.3 Å². The van der Waals surface area contributed by atoms with Crippen LogP contribution in [0.25, 0.3) is 5.65 Å². The van der Waals surface area contributed by atoms with Gasteiger partial charge in [0.15, 0.2) is 11.4 Å². The van der Waals surface area contributed by atoms with Crippen LogP contribution in [0, 0.1) is 5.92 Å². The maximum absolute atomic E-state index is 5.36. The Morgan fingerprint density at radius 2 is 2.37 bits per heavy atom. The molecule has 0 aliphatic carbocycles. The fourth-order valence-electron chi connectivity index (χ4n) is 3.03. The molecule has 3 heterocycles. The van der Waals surface area contributed by atoms with E-state index in [2.05, 4.69) is 22.5 Å². The number of likely N-dealkylation sites (tertiary alicyclic amines) is 1. The zero-order valence-electron chi connectivity index (χ0n) is 11.7. The summed E-state index contributed by atoms with van der Waals surface area (Å²) in [5.74, 6) is 1.57. The molecule has 2 aromatic rings. The highest BCUT2D eigenvalue weighted by molar-refractivity contribution is 5.54. The van der Waals surface area contributed by atoms with E-state index in [1.807, 2.05) is 18.3 Å². The molecular weight excluding hydrogens is 238 g/mol. The van der Waals surface area contributed by atoms with Crippen molar-refractivity contribution in [3.63, 3.8) is 0 Å². The molecule has 0 aromatic carbocycles. The van der Waals surface area contributed by atoms with Gasteiger partial charge in [-0.3, -0.25) is 0 Å². The summed E-state index contributed by atoms with van der Waals surface area (Å²) in [4.78, 5) is 7.14. The van der Waals surface area contributed by atoms with Crippen molar-refractivity contribution in [1.82, 2.24) is 14.3 Å². The van der Waals surface area contributed by atoms with Crippen LogP contribution in [0.3, 0.4) is 0 Å². The third-order valence-corrected chi connectivity index (χ3v) is 3.94. The van der Waals surface area contributed by atoms with Crippen molar-refractivity contribution in [2.75, 3.05) is 27.2 Å². The Labute approximate surface area is 114 Å². The van der Waals surface area contributed by atoms with Gasteiger partial charge in [-0.15, -0.1) is 0 Å². The molecule has 1 atom stereocenters. The van der Waals surface area contributed by atoms with Gasteiger partial charge in [-0.1, -0.05) is 0 Å². The molecule has 0 bridgehead atoms. The number of pyridine rings is 1. The SMILES string of the molecule is COc1cccn2cc(CC3CCCN(C)C3)nc12. The molecule has 1 aliphatic heterocycles. The molecule has 1 aliphatic rings. The second-order valence-electron chi connectivity index (χ2n) is 5.51. The predicted molar refractivity (Wildman–Crippen MR) is 75.7 cm³/mol. The molecule has 0 amide bonds. The highest BCUT2D eigenvalue weighted by atomic mass is 16.5. The third-order valence-electron chi connectivity index (χ3n) is 3.94. The minimum absolute atomic E-state index is 0.731. The molecule has 1 saturated heterocycles. The van der Waals surface area contributed by atoms with Crippen LogP contribution in [0.4, 0.5) is 0 Å². The molecule has 0 radical (unpaired) electrons. The first-order valence-corrected chi connectivity index (χ1v) is 6.95. The summed E-state index contributed by atoms with van der Waals surface area (Å²) in [6.07, 6.45) is 7.84. The summed E-state index contributed by atoms with van der Waals surface area (Å²) in [5.41, 5.74) is 2.09. The highest BCUT2D eigenvalue weighted by Crippen LogP contribution is 2.22. The van der Waals surface area contributed by atoms with Gasteiger partial charge in [0.2, 0.25) is 0 Å².